The molecule has 0 spiro atoms. The van der Waals surface area contributed by atoms with Gasteiger partial charge >= 0.3 is 0 Å². The van der Waals surface area contributed by atoms with Crippen LogP contribution in [0.1, 0.15) is 12.8 Å². The van der Waals surface area contributed by atoms with Gasteiger partial charge in [-0.3, -0.25) is 4.79 Å². The highest BCUT2D eigenvalue weighted by Gasteiger charge is 2.37. The van der Waals surface area contributed by atoms with E-state index in [4.69, 9.17) is 0 Å². The summed E-state index contributed by atoms with van der Waals surface area (Å²) in [5.41, 5.74) is -0.555. The second-order valence-electron chi connectivity index (χ2n) is 4.13. The third-order valence-corrected chi connectivity index (χ3v) is 2.82. The van der Waals surface area contributed by atoms with Crippen molar-refractivity contribution >= 4 is 11.6 Å². The Morgan fingerprint density at radius 2 is 2.12 bits per heavy atom. The molecular weight excluding hydrogens is 204 g/mol. The summed E-state index contributed by atoms with van der Waals surface area (Å²) in [5.74, 6) is -0.328. The number of hydrogen-bond acceptors (Lipinski definition) is 3. The van der Waals surface area contributed by atoms with E-state index in [0.29, 0.717) is 18.7 Å². The molecule has 0 bridgehead atoms. The van der Waals surface area contributed by atoms with E-state index in [2.05, 4.69) is 10.6 Å². The van der Waals surface area contributed by atoms with E-state index in [1.807, 2.05) is 18.2 Å². The summed E-state index contributed by atoms with van der Waals surface area (Å²) in [7, 11) is 0. The SMILES string of the molecule is O=C(Nc1ccccc1)C1(O)CCCNC1. The maximum absolute atomic E-state index is 11.9. The van der Waals surface area contributed by atoms with Crippen molar-refractivity contribution in [3.63, 3.8) is 0 Å². The molecular formula is C12H16N2O2. The lowest BCUT2D eigenvalue weighted by Crippen LogP contribution is -2.53. The Morgan fingerprint density at radius 3 is 2.75 bits per heavy atom. The quantitative estimate of drug-likeness (QED) is 0.689. The number of carbonyl (C=O) groups excluding carboxylic acids is 1. The second-order valence-corrected chi connectivity index (χ2v) is 4.13. The molecule has 3 N–H and O–H groups in total. The van der Waals surface area contributed by atoms with E-state index in [1.165, 1.54) is 0 Å². The Bertz CT molecular complexity index is 359. The van der Waals surface area contributed by atoms with E-state index < -0.39 is 5.60 Å². The van der Waals surface area contributed by atoms with Gasteiger partial charge in [0.15, 0.2) is 5.60 Å². The van der Waals surface area contributed by atoms with Crippen molar-refractivity contribution < 1.29 is 9.90 Å². The van der Waals surface area contributed by atoms with E-state index in [9.17, 15) is 9.90 Å². The molecule has 2 rings (SSSR count). The van der Waals surface area contributed by atoms with Crippen LogP contribution in [0.5, 0.6) is 0 Å². The number of piperidine rings is 1. The number of aliphatic hydroxyl groups is 1. The lowest BCUT2D eigenvalue weighted by Gasteiger charge is -2.31. The predicted molar refractivity (Wildman–Crippen MR) is 62.1 cm³/mol. The highest BCUT2D eigenvalue weighted by Crippen LogP contribution is 2.18. The van der Waals surface area contributed by atoms with Crippen LogP contribution in [0.3, 0.4) is 0 Å². The van der Waals surface area contributed by atoms with Crippen LogP contribution in [0.2, 0.25) is 0 Å². The molecule has 0 saturated carbocycles. The van der Waals surface area contributed by atoms with Crippen LogP contribution in [0.4, 0.5) is 5.69 Å². The average molecular weight is 220 g/mol. The van der Waals surface area contributed by atoms with Crippen molar-refractivity contribution in [2.75, 3.05) is 18.4 Å². The zero-order valence-corrected chi connectivity index (χ0v) is 9.07. The summed E-state index contributed by atoms with van der Waals surface area (Å²) in [5, 5.41) is 15.9. The highest BCUT2D eigenvalue weighted by molar-refractivity contribution is 5.97. The van der Waals surface area contributed by atoms with Crippen LogP contribution in [-0.2, 0) is 4.79 Å². The Balaban J connectivity index is 2.02. The smallest absolute Gasteiger partial charge is 0.257 e. The Hall–Kier alpha value is -1.39. The average Bonchev–Trinajstić information content (AvgIpc) is 2.31. The molecule has 1 atom stereocenters. The predicted octanol–water partition coefficient (Wildman–Crippen LogP) is 0.740. The van der Waals surface area contributed by atoms with Crippen molar-refractivity contribution in [2.45, 2.75) is 18.4 Å². The third kappa shape index (κ3) is 2.40. The molecule has 1 unspecified atom stereocenters. The molecule has 1 amide bonds. The molecule has 4 nitrogen and oxygen atoms in total. The molecule has 1 aliphatic heterocycles. The van der Waals surface area contributed by atoms with Gasteiger partial charge in [-0.2, -0.15) is 0 Å². The molecule has 1 saturated heterocycles. The first-order valence-corrected chi connectivity index (χ1v) is 5.50. The van der Waals surface area contributed by atoms with E-state index in [-0.39, 0.29) is 5.91 Å². The fourth-order valence-electron chi connectivity index (χ4n) is 1.85. The molecule has 1 aliphatic rings. The molecule has 16 heavy (non-hydrogen) atoms. The van der Waals surface area contributed by atoms with Gasteiger partial charge in [-0.15, -0.1) is 0 Å². The molecule has 1 fully saturated rings. The van der Waals surface area contributed by atoms with Crippen LogP contribution < -0.4 is 10.6 Å². The maximum atomic E-state index is 11.9. The minimum absolute atomic E-state index is 0.325. The number of hydrogen-bond donors (Lipinski definition) is 3. The first kappa shape index (κ1) is 11.1. The summed E-state index contributed by atoms with van der Waals surface area (Å²) < 4.78 is 0. The molecule has 0 aliphatic carbocycles. The normalized spacial score (nSPS) is 25.1. The van der Waals surface area contributed by atoms with Crippen LogP contribution in [0.25, 0.3) is 0 Å². The van der Waals surface area contributed by atoms with Crippen LogP contribution in [0.15, 0.2) is 30.3 Å². The van der Waals surface area contributed by atoms with Gasteiger partial charge in [0.2, 0.25) is 0 Å². The van der Waals surface area contributed by atoms with Gasteiger partial charge in [0.05, 0.1) is 0 Å². The number of nitrogens with one attached hydrogen (secondary N) is 2. The van der Waals surface area contributed by atoms with Gasteiger partial charge in [-0.05, 0) is 31.5 Å². The van der Waals surface area contributed by atoms with Gasteiger partial charge in [0.25, 0.3) is 5.91 Å². The second kappa shape index (κ2) is 4.63. The van der Waals surface area contributed by atoms with Crippen molar-refractivity contribution in [2.24, 2.45) is 0 Å². The number of β-amino-alcohol motifs (C(OH)–C–C–N with tert-alkyl or cyclic N) is 1. The number of para-hydroxylation sites is 1. The lowest BCUT2D eigenvalue weighted by atomic mass is 9.93. The third-order valence-electron chi connectivity index (χ3n) is 2.82. The zero-order valence-electron chi connectivity index (χ0n) is 9.07. The minimum atomic E-state index is -1.27. The van der Waals surface area contributed by atoms with Gasteiger partial charge in [-0.1, -0.05) is 18.2 Å². The van der Waals surface area contributed by atoms with E-state index >= 15 is 0 Å². The summed E-state index contributed by atoms with van der Waals surface area (Å²) in [6, 6.07) is 9.18. The fraction of sp³-hybridized carbons (Fsp3) is 0.417. The molecule has 1 heterocycles. The lowest BCUT2D eigenvalue weighted by molar-refractivity contribution is -0.135. The van der Waals surface area contributed by atoms with Crippen LogP contribution in [-0.4, -0.2) is 29.7 Å². The fourth-order valence-corrected chi connectivity index (χ4v) is 1.85. The van der Waals surface area contributed by atoms with E-state index in [1.54, 1.807) is 12.1 Å². The van der Waals surface area contributed by atoms with Crippen LogP contribution >= 0.6 is 0 Å². The van der Waals surface area contributed by atoms with Gasteiger partial charge in [-0.25, -0.2) is 0 Å². The Morgan fingerprint density at radius 1 is 1.38 bits per heavy atom. The molecule has 1 aromatic rings. The minimum Gasteiger partial charge on any atom is -0.379 e. The van der Waals surface area contributed by atoms with Crippen molar-refractivity contribution in [3.8, 4) is 0 Å². The van der Waals surface area contributed by atoms with Crippen molar-refractivity contribution in [3.05, 3.63) is 30.3 Å². The standard InChI is InChI=1S/C12H16N2O2/c15-11(12(16)7-4-8-13-9-12)14-10-5-2-1-3-6-10/h1-3,5-6,13,16H,4,7-9H2,(H,14,15). The maximum Gasteiger partial charge on any atom is 0.257 e. The summed E-state index contributed by atoms with van der Waals surface area (Å²) in [6.45, 7) is 1.19. The Kier molecular flexibility index (Phi) is 3.22. The molecule has 0 aromatic heterocycles. The number of benzene rings is 1. The molecule has 0 radical (unpaired) electrons. The number of carbonyl (C=O) groups is 1. The summed E-state index contributed by atoms with van der Waals surface area (Å²) in [6.07, 6.45) is 1.33. The van der Waals surface area contributed by atoms with Gasteiger partial charge < -0.3 is 15.7 Å². The molecule has 1 aromatic carbocycles. The van der Waals surface area contributed by atoms with Crippen molar-refractivity contribution in [1.82, 2.24) is 5.32 Å². The van der Waals surface area contributed by atoms with Crippen LogP contribution in [0, 0.1) is 0 Å². The zero-order chi connectivity index (χ0) is 11.4. The van der Waals surface area contributed by atoms with Crippen molar-refractivity contribution in [1.29, 1.82) is 0 Å². The summed E-state index contributed by atoms with van der Waals surface area (Å²) >= 11 is 0. The number of anilines is 1. The first-order valence-electron chi connectivity index (χ1n) is 5.50. The number of rotatable bonds is 2. The first-order chi connectivity index (χ1) is 7.71. The Labute approximate surface area is 94.7 Å². The van der Waals surface area contributed by atoms with E-state index in [0.717, 1.165) is 13.0 Å². The molecule has 4 heteroatoms. The topological polar surface area (TPSA) is 61.4 Å². The largest absolute Gasteiger partial charge is 0.379 e. The molecule has 86 valence electrons. The monoisotopic (exact) mass is 220 g/mol. The van der Waals surface area contributed by atoms with Gasteiger partial charge in [0.1, 0.15) is 0 Å². The highest BCUT2D eigenvalue weighted by atomic mass is 16.3. The van der Waals surface area contributed by atoms with Gasteiger partial charge in [0, 0.05) is 12.2 Å². The number of amides is 1. The summed E-state index contributed by atoms with van der Waals surface area (Å²) in [4.78, 5) is 11.9.